The summed E-state index contributed by atoms with van der Waals surface area (Å²) in [5.74, 6) is 5.86. The van der Waals surface area contributed by atoms with Gasteiger partial charge in [-0.1, -0.05) is 23.5 Å². The highest BCUT2D eigenvalue weighted by Crippen LogP contribution is 2.31. The predicted octanol–water partition coefficient (Wildman–Crippen LogP) is 3.35. The van der Waals surface area contributed by atoms with Crippen LogP contribution in [0.2, 0.25) is 0 Å². The number of aromatic nitrogens is 1. The van der Waals surface area contributed by atoms with E-state index < -0.39 is 11.7 Å². The first-order valence-corrected chi connectivity index (χ1v) is 8.52. The Kier molecular flexibility index (Phi) is 4.16. The number of hydrogen-bond donors (Lipinski definition) is 2. The van der Waals surface area contributed by atoms with Crippen LogP contribution in [-0.4, -0.2) is 33.8 Å². The number of hydrazine groups is 1. The topological polar surface area (TPSA) is 80.5 Å². The van der Waals surface area contributed by atoms with Gasteiger partial charge >= 0.3 is 6.09 Å². The van der Waals surface area contributed by atoms with Crippen molar-refractivity contribution in [1.29, 1.82) is 0 Å². The van der Waals surface area contributed by atoms with E-state index in [1.807, 2.05) is 39.0 Å². The number of rotatable bonds is 3. The number of ether oxygens (including phenoxy) is 1. The molecule has 23 heavy (non-hydrogen) atoms. The molecule has 1 fully saturated rings. The average Bonchev–Trinajstić information content (AvgIpc) is 2.82. The van der Waals surface area contributed by atoms with Crippen molar-refractivity contribution in [2.45, 2.75) is 51.3 Å². The van der Waals surface area contributed by atoms with Gasteiger partial charge in [0, 0.05) is 6.04 Å². The van der Waals surface area contributed by atoms with Gasteiger partial charge < -0.3 is 10.1 Å². The van der Waals surface area contributed by atoms with E-state index in [-0.39, 0.29) is 12.1 Å². The minimum Gasteiger partial charge on any atom is -0.443 e. The molecule has 0 spiro atoms. The summed E-state index contributed by atoms with van der Waals surface area (Å²) in [6.07, 6.45) is 1.12. The van der Waals surface area contributed by atoms with Gasteiger partial charge in [-0.25, -0.2) is 20.6 Å². The van der Waals surface area contributed by atoms with Crippen LogP contribution in [0.5, 0.6) is 0 Å². The first-order chi connectivity index (χ1) is 10.8. The molecular weight excluding hydrogens is 312 g/mol. The van der Waals surface area contributed by atoms with E-state index in [4.69, 9.17) is 10.6 Å². The molecule has 1 aliphatic rings. The maximum Gasteiger partial charge on any atom is 0.424 e. The van der Waals surface area contributed by atoms with Crippen molar-refractivity contribution in [3.05, 3.63) is 24.3 Å². The quantitative estimate of drug-likeness (QED) is 0.511. The second-order valence-electron chi connectivity index (χ2n) is 6.84. The van der Waals surface area contributed by atoms with E-state index in [0.717, 1.165) is 23.5 Å². The van der Waals surface area contributed by atoms with Gasteiger partial charge in [0.2, 0.25) is 0 Å². The zero-order chi connectivity index (χ0) is 16.6. The van der Waals surface area contributed by atoms with Crippen molar-refractivity contribution in [2.75, 3.05) is 5.32 Å². The Morgan fingerprint density at radius 1 is 1.39 bits per heavy atom. The molecule has 1 saturated carbocycles. The average molecular weight is 334 g/mol. The summed E-state index contributed by atoms with van der Waals surface area (Å²) in [5, 5.41) is 5.54. The molecule has 3 rings (SSSR count). The van der Waals surface area contributed by atoms with E-state index in [9.17, 15) is 4.79 Å². The van der Waals surface area contributed by atoms with Crippen LogP contribution in [0.15, 0.2) is 24.3 Å². The summed E-state index contributed by atoms with van der Waals surface area (Å²) >= 11 is 1.64. The SMILES string of the molecule is CC(C)(C)OC(=O)N(N)[C@H]1C[C@H](Nc2nc3ccccc3s2)C1. The van der Waals surface area contributed by atoms with Gasteiger partial charge in [-0.15, -0.1) is 0 Å². The van der Waals surface area contributed by atoms with Gasteiger partial charge in [-0.3, -0.25) is 0 Å². The molecule has 0 aliphatic heterocycles. The molecule has 6 nitrogen and oxygen atoms in total. The number of hydrogen-bond acceptors (Lipinski definition) is 6. The van der Waals surface area contributed by atoms with Gasteiger partial charge in [-0.05, 0) is 45.7 Å². The summed E-state index contributed by atoms with van der Waals surface area (Å²) in [6.45, 7) is 5.49. The number of nitrogens with one attached hydrogen (secondary N) is 1. The van der Waals surface area contributed by atoms with Crippen molar-refractivity contribution in [2.24, 2.45) is 5.84 Å². The maximum absolute atomic E-state index is 11.9. The van der Waals surface area contributed by atoms with Crippen molar-refractivity contribution in [3.8, 4) is 0 Å². The lowest BCUT2D eigenvalue weighted by Gasteiger charge is -2.40. The molecule has 124 valence electrons. The fourth-order valence-corrected chi connectivity index (χ4v) is 3.45. The largest absolute Gasteiger partial charge is 0.443 e. The van der Waals surface area contributed by atoms with Crippen molar-refractivity contribution in [1.82, 2.24) is 9.99 Å². The van der Waals surface area contributed by atoms with Crippen LogP contribution in [0, 0.1) is 0 Å². The third kappa shape index (κ3) is 3.73. The normalized spacial score (nSPS) is 20.9. The van der Waals surface area contributed by atoms with Gasteiger partial charge in [-0.2, -0.15) is 0 Å². The van der Waals surface area contributed by atoms with Crippen LogP contribution >= 0.6 is 11.3 Å². The fraction of sp³-hybridized carbons (Fsp3) is 0.500. The molecule has 0 radical (unpaired) electrons. The number of amides is 1. The smallest absolute Gasteiger partial charge is 0.424 e. The van der Waals surface area contributed by atoms with Crippen molar-refractivity contribution in [3.63, 3.8) is 0 Å². The van der Waals surface area contributed by atoms with Gasteiger partial charge in [0.1, 0.15) is 5.60 Å². The number of thiazole rings is 1. The van der Waals surface area contributed by atoms with Crippen molar-refractivity contribution >= 4 is 32.8 Å². The molecule has 3 N–H and O–H groups in total. The number of nitrogens with two attached hydrogens (primary N) is 1. The lowest BCUT2D eigenvalue weighted by Crippen LogP contribution is -2.56. The van der Waals surface area contributed by atoms with Gasteiger partial charge in [0.15, 0.2) is 5.13 Å². The molecule has 2 aromatic rings. The zero-order valence-electron chi connectivity index (χ0n) is 13.6. The molecular formula is C16H22N4O2S. The fourth-order valence-electron chi connectivity index (χ4n) is 2.51. The third-order valence-electron chi connectivity index (χ3n) is 3.73. The molecule has 1 aromatic carbocycles. The number of carbonyl (C=O) groups is 1. The highest BCUT2D eigenvalue weighted by molar-refractivity contribution is 7.22. The van der Waals surface area contributed by atoms with Crippen LogP contribution < -0.4 is 11.2 Å². The van der Waals surface area contributed by atoms with E-state index in [1.54, 1.807) is 11.3 Å². The third-order valence-corrected chi connectivity index (χ3v) is 4.70. The highest BCUT2D eigenvalue weighted by atomic mass is 32.1. The number of fused-ring (bicyclic) bond motifs is 1. The lowest BCUT2D eigenvalue weighted by atomic mass is 9.86. The summed E-state index contributed by atoms with van der Waals surface area (Å²) in [4.78, 5) is 16.5. The first kappa shape index (κ1) is 16.0. The van der Waals surface area contributed by atoms with E-state index >= 15 is 0 Å². The number of para-hydroxylation sites is 1. The molecule has 0 saturated heterocycles. The Labute approximate surface area is 139 Å². The molecule has 0 unspecified atom stereocenters. The van der Waals surface area contributed by atoms with Gasteiger partial charge in [0.05, 0.1) is 16.3 Å². The minimum absolute atomic E-state index is 0.0109. The summed E-state index contributed by atoms with van der Waals surface area (Å²) in [7, 11) is 0. The van der Waals surface area contributed by atoms with Crippen LogP contribution in [0.4, 0.5) is 9.93 Å². The minimum atomic E-state index is -0.531. The summed E-state index contributed by atoms with van der Waals surface area (Å²) in [6, 6.07) is 8.36. The number of nitrogens with zero attached hydrogens (tertiary/aromatic N) is 2. The van der Waals surface area contributed by atoms with E-state index in [1.165, 1.54) is 9.71 Å². The Hall–Kier alpha value is -1.86. The lowest BCUT2D eigenvalue weighted by molar-refractivity contribution is 0.00528. The first-order valence-electron chi connectivity index (χ1n) is 7.71. The Balaban J connectivity index is 1.51. The maximum atomic E-state index is 11.9. The van der Waals surface area contributed by atoms with Crippen LogP contribution in [0.1, 0.15) is 33.6 Å². The number of benzene rings is 1. The molecule has 0 bridgehead atoms. The van der Waals surface area contributed by atoms with Crippen LogP contribution in [-0.2, 0) is 4.74 Å². The summed E-state index contributed by atoms with van der Waals surface area (Å²) < 4.78 is 6.45. The Morgan fingerprint density at radius 2 is 2.09 bits per heavy atom. The van der Waals surface area contributed by atoms with E-state index in [2.05, 4.69) is 16.4 Å². The molecule has 1 aliphatic carbocycles. The zero-order valence-corrected chi connectivity index (χ0v) is 14.4. The molecule has 1 aromatic heterocycles. The van der Waals surface area contributed by atoms with E-state index in [0.29, 0.717) is 0 Å². The number of carbonyl (C=O) groups excluding carboxylic acids is 1. The predicted molar refractivity (Wildman–Crippen MR) is 92.3 cm³/mol. The van der Waals surface area contributed by atoms with Crippen LogP contribution in [0.3, 0.4) is 0 Å². The standard InChI is InChI=1S/C16H22N4O2S/c1-16(2,3)22-15(21)20(17)11-8-10(9-11)18-14-19-12-6-4-5-7-13(12)23-14/h4-7,10-11H,8-9,17H2,1-3H3,(H,18,19)/t10-,11-. The Morgan fingerprint density at radius 3 is 2.74 bits per heavy atom. The second-order valence-corrected chi connectivity index (χ2v) is 7.87. The molecule has 0 atom stereocenters. The Bertz CT molecular complexity index is 670. The monoisotopic (exact) mass is 334 g/mol. The molecule has 1 amide bonds. The van der Waals surface area contributed by atoms with Gasteiger partial charge in [0.25, 0.3) is 0 Å². The molecule has 7 heteroatoms. The molecule has 1 heterocycles. The van der Waals surface area contributed by atoms with Crippen LogP contribution in [0.25, 0.3) is 10.2 Å². The summed E-state index contributed by atoms with van der Waals surface area (Å²) in [5.41, 5.74) is 0.474. The number of anilines is 1. The van der Waals surface area contributed by atoms with Crippen molar-refractivity contribution < 1.29 is 9.53 Å². The highest BCUT2D eigenvalue weighted by Gasteiger charge is 2.37. The second kappa shape index (κ2) is 5.98.